The number of carbonyl (C=O) groups excluding carboxylic acids is 1. The Balaban J connectivity index is 1.77. The number of aromatic nitrogens is 3. The molecule has 2 N–H and O–H groups in total. The van der Waals surface area contributed by atoms with E-state index in [0.717, 1.165) is 4.88 Å². The van der Waals surface area contributed by atoms with Crippen LogP contribution in [0.2, 0.25) is 0 Å². The lowest BCUT2D eigenvalue weighted by molar-refractivity contribution is 0.0556. The van der Waals surface area contributed by atoms with Crippen LogP contribution in [-0.4, -0.2) is 32.3 Å². The van der Waals surface area contributed by atoms with Crippen molar-refractivity contribution in [3.63, 3.8) is 0 Å². The van der Waals surface area contributed by atoms with Gasteiger partial charge in [-0.2, -0.15) is 5.10 Å². The highest BCUT2D eigenvalue weighted by molar-refractivity contribution is 7.10. The number of rotatable bonds is 5. The van der Waals surface area contributed by atoms with Gasteiger partial charge in [-0.15, -0.1) is 11.3 Å². The average molecular weight is 328 g/mol. The maximum atomic E-state index is 12.5. The van der Waals surface area contributed by atoms with E-state index in [-0.39, 0.29) is 12.5 Å². The molecule has 3 heterocycles. The number of hydrogen-bond donors (Lipinski definition) is 2. The van der Waals surface area contributed by atoms with Crippen molar-refractivity contribution in [2.75, 3.05) is 6.54 Å². The third kappa shape index (κ3) is 3.30. The second-order valence-corrected chi connectivity index (χ2v) is 6.21. The van der Waals surface area contributed by atoms with Gasteiger partial charge in [0.15, 0.2) is 5.82 Å². The summed E-state index contributed by atoms with van der Waals surface area (Å²) in [6, 6.07) is 8.85. The fourth-order valence-corrected chi connectivity index (χ4v) is 2.96. The molecule has 3 rings (SSSR count). The van der Waals surface area contributed by atoms with E-state index in [1.165, 1.54) is 16.0 Å². The van der Waals surface area contributed by atoms with Gasteiger partial charge in [-0.25, -0.2) is 9.67 Å². The van der Waals surface area contributed by atoms with Crippen LogP contribution in [0.25, 0.3) is 5.82 Å². The van der Waals surface area contributed by atoms with E-state index in [4.69, 9.17) is 0 Å². The SMILES string of the molecule is C[C@@](O)(CNC(=O)c1cccnc1-n1cccn1)c1cccs1. The quantitative estimate of drug-likeness (QED) is 0.750. The minimum absolute atomic E-state index is 0.111. The Morgan fingerprint density at radius 2 is 2.22 bits per heavy atom. The Hall–Kier alpha value is -2.51. The topological polar surface area (TPSA) is 80.0 Å². The Kier molecular flexibility index (Phi) is 4.22. The van der Waals surface area contributed by atoms with E-state index < -0.39 is 5.60 Å². The molecule has 1 amide bonds. The summed E-state index contributed by atoms with van der Waals surface area (Å²) >= 11 is 1.45. The molecular formula is C16H16N4O2S. The summed E-state index contributed by atoms with van der Waals surface area (Å²) in [5.41, 5.74) is -0.712. The van der Waals surface area contributed by atoms with Gasteiger partial charge in [-0.1, -0.05) is 6.07 Å². The number of nitrogens with zero attached hydrogens (tertiary/aromatic N) is 3. The summed E-state index contributed by atoms with van der Waals surface area (Å²) in [5.74, 6) is 0.145. The fourth-order valence-electron chi connectivity index (χ4n) is 2.17. The van der Waals surface area contributed by atoms with Gasteiger partial charge >= 0.3 is 0 Å². The molecule has 0 aliphatic carbocycles. The second kappa shape index (κ2) is 6.31. The lowest BCUT2D eigenvalue weighted by Gasteiger charge is -2.22. The molecule has 0 aliphatic heterocycles. The van der Waals surface area contributed by atoms with Crippen molar-refractivity contribution in [3.05, 3.63) is 64.7 Å². The third-order valence-electron chi connectivity index (χ3n) is 3.40. The minimum Gasteiger partial charge on any atom is -0.383 e. The number of carbonyl (C=O) groups is 1. The van der Waals surface area contributed by atoms with Crippen molar-refractivity contribution in [2.24, 2.45) is 0 Å². The van der Waals surface area contributed by atoms with Crippen molar-refractivity contribution in [1.82, 2.24) is 20.1 Å². The highest BCUT2D eigenvalue weighted by Gasteiger charge is 2.25. The van der Waals surface area contributed by atoms with Gasteiger partial charge in [-0.05, 0) is 36.6 Å². The first-order valence-corrected chi connectivity index (χ1v) is 7.95. The summed E-state index contributed by atoms with van der Waals surface area (Å²) in [7, 11) is 0. The zero-order chi connectivity index (χ0) is 16.3. The molecule has 0 saturated carbocycles. The van der Waals surface area contributed by atoms with Gasteiger partial charge < -0.3 is 10.4 Å². The van der Waals surface area contributed by atoms with Crippen LogP contribution >= 0.6 is 11.3 Å². The van der Waals surface area contributed by atoms with Gasteiger partial charge in [0.05, 0.1) is 12.1 Å². The van der Waals surface area contributed by atoms with E-state index >= 15 is 0 Å². The maximum Gasteiger partial charge on any atom is 0.255 e. The molecule has 0 aromatic carbocycles. The number of hydrogen-bond acceptors (Lipinski definition) is 5. The molecule has 0 unspecified atom stereocenters. The van der Waals surface area contributed by atoms with Crippen molar-refractivity contribution in [1.29, 1.82) is 0 Å². The van der Waals surface area contributed by atoms with Gasteiger partial charge in [0, 0.05) is 23.5 Å². The number of nitrogens with one attached hydrogen (secondary N) is 1. The van der Waals surface area contributed by atoms with Crippen LogP contribution in [0.4, 0.5) is 0 Å². The van der Waals surface area contributed by atoms with Crippen LogP contribution in [0.15, 0.2) is 54.3 Å². The van der Waals surface area contributed by atoms with Crippen LogP contribution in [-0.2, 0) is 5.60 Å². The van der Waals surface area contributed by atoms with Crippen LogP contribution in [0, 0.1) is 0 Å². The highest BCUT2D eigenvalue weighted by Crippen LogP contribution is 2.24. The van der Waals surface area contributed by atoms with E-state index in [9.17, 15) is 9.90 Å². The predicted octanol–water partition coefficient (Wildman–Crippen LogP) is 1.97. The Morgan fingerprint density at radius 1 is 1.35 bits per heavy atom. The van der Waals surface area contributed by atoms with Crippen LogP contribution in [0.5, 0.6) is 0 Å². The van der Waals surface area contributed by atoms with E-state index in [1.54, 1.807) is 43.7 Å². The molecule has 1 atom stereocenters. The number of pyridine rings is 1. The second-order valence-electron chi connectivity index (χ2n) is 5.26. The van der Waals surface area contributed by atoms with Gasteiger partial charge in [-0.3, -0.25) is 4.79 Å². The normalized spacial score (nSPS) is 13.5. The third-order valence-corrected chi connectivity index (χ3v) is 4.52. The van der Waals surface area contributed by atoms with Crippen molar-refractivity contribution >= 4 is 17.2 Å². The van der Waals surface area contributed by atoms with Gasteiger partial charge in [0.2, 0.25) is 0 Å². The average Bonchev–Trinajstić information content (AvgIpc) is 3.25. The molecule has 3 aromatic rings. The summed E-state index contributed by atoms with van der Waals surface area (Å²) in [4.78, 5) is 17.5. The number of aliphatic hydroxyl groups is 1. The molecule has 0 saturated heterocycles. The molecule has 0 spiro atoms. The van der Waals surface area contributed by atoms with E-state index in [2.05, 4.69) is 15.4 Å². The zero-order valence-electron chi connectivity index (χ0n) is 12.5. The summed E-state index contributed by atoms with van der Waals surface area (Å²) < 4.78 is 1.53. The monoisotopic (exact) mass is 328 g/mol. The smallest absolute Gasteiger partial charge is 0.255 e. The summed E-state index contributed by atoms with van der Waals surface area (Å²) in [5, 5.41) is 19.2. The maximum absolute atomic E-state index is 12.5. The molecule has 23 heavy (non-hydrogen) atoms. The van der Waals surface area contributed by atoms with Gasteiger partial charge in [0.25, 0.3) is 5.91 Å². The standard InChI is InChI=1S/C16H16N4O2S/c1-16(22,13-6-3-10-23-13)11-18-15(21)12-5-2-7-17-14(12)20-9-4-8-19-20/h2-10,22H,11H2,1H3,(H,18,21)/t16-/m1/s1. The largest absolute Gasteiger partial charge is 0.383 e. The minimum atomic E-state index is -1.11. The fraction of sp³-hybridized carbons (Fsp3) is 0.188. The molecule has 0 radical (unpaired) electrons. The van der Waals surface area contributed by atoms with Crippen LogP contribution < -0.4 is 5.32 Å². The molecule has 3 aromatic heterocycles. The summed E-state index contributed by atoms with van der Waals surface area (Å²) in [6.45, 7) is 1.79. The molecule has 6 nitrogen and oxygen atoms in total. The first-order chi connectivity index (χ1) is 11.1. The zero-order valence-corrected chi connectivity index (χ0v) is 13.3. The predicted molar refractivity (Wildman–Crippen MR) is 87.6 cm³/mol. The molecule has 0 fully saturated rings. The molecule has 0 bridgehead atoms. The Bertz CT molecular complexity index is 782. The molecule has 0 aliphatic rings. The Labute approximate surface area is 137 Å². The van der Waals surface area contributed by atoms with Crippen molar-refractivity contribution < 1.29 is 9.90 Å². The molecule has 7 heteroatoms. The molecular weight excluding hydrogens is 312 g/mol. The van der Waals surface area contributed by atoms with Crippen LogP contribution in [0.3, 0.4) is 0 Å². The van der Waals surface area contributed by atoms with E-state index in [0.29, 0.717) is 11.4 Å². The Morgan fingerprint density at radius 3 is 2.91 bits per heavy atom. The summed E-state index contributed by atoms with van der Waals surface area (Å²) in [6.07, 6.45) is 4.95. The van der Waals surface area contributed by atoms with Gasteiger partial charge in [0.1, 0.15) is 5.60 Å². The highest BCUT2D eigenvalue weighted by atomic mass is 32.1. The van der Waals surface area contributed by atoms with E-state index in [1.807, 2.05) is 17.5 Å². The van der Waals surface area contributed by atoms with Crippen molar-refractivity contribution in [3.8, 4) is 5.82 Å². The lowest BCUT2D eigenvalue weighted by atomic mass is 10.1. The van der Waals surface area contributed by atoms with Crippen molar-refractivity contribution in [2.45, 2.75) is 12.5 Å². The number of amides is 1. The first-order valence-electron chi connectivity index (χ1n) is 7.07. The lowest BCUT2D eigenvalue weighted by Crippen LogP contribution is -2.38. The number of thiophene rings is 1. The first kappa shape index (κ1) is 15.4. The molecule has 118 valence electrons. The van der Waals surface area contributed by atoms with Crippen LogP contribution in [0.1, 0.15) is 22.2 Å².